The van der Waals surface area contributed by atoms with Gasteiger partial charge in [-0.1, -0.05) is 34.6 Å². The summed E-state index contributed by atoms with van der Waals surface area (Å²) in [5.41, 5.74) is 4.73. The lowest BCUT2D eigenvalue weighted by Gasteiger charge is -2.21. The number of primary amides is 1. The molecule has 30 heavy (non-hydrogen) atoms. The predicted octanol–water partition coefficient (Wildman–Crippen LogP) is 2.07. The van der Waals surface area contributed by atoms with E-state index in [1.165, 1.54) is 13.8 Å². The maximum atomic E-state index is 11.9. The summed E-state index contributed by atoms with van der Waals surface area (Å²) in [5, 5.41) is 7.62. The van der Waals surface area contributed by atoms with Crippen LogP contribution in [0.25, 0.3) is 0 Å². The van der Waals surface area contributed by atoms with Crippen molar-refractivity contribution in [1.82, 2.24) is 16.0 Å². The zero-order valence-corrected chi connectivity index (χ0v) is 19.7. The highest BCUT2D eigenvalue weighted by Crippen LogP contribution is 2.05. The number of hydrogen-bond donors (Lipinski definition) is 4. The SMILES string of the molecule is CC.CC(=O)CCCCC(=O)NC(C(=O)NCC(C)=O)C(C)C.CCCNC(N)=O. The van der Waals surface area contributed by atoms with Crippen LogP contribution >= 0.6 is 0 Å². The van der Waals surface area contributed by atoms with Gasteiger partial charge in [-0.3, -0.25) is 14.4 Å². The molecule has 0 aliphatic heterocycles. The normalized spacial score (nSPS) is 10.4. The van der Waals surface area contributed by atoms with Gasteiger partial charge in [0.15, 0.2) is 0 Å². The average molecular weight is 431 g/mol. The van der Waals surface area contributed by atoms with Crippen LogP contribution in [0.5, 0.6) is 0 Å². The molecule has 0 bridgehead atoms. The molecule has 1 unspecified atom stereocenters. The number of rotatable bonds is 12. The van der Waals surface area contributed by atoms with E-state index < -0.39 is 12.1 Å². The Morgan fingerprint density at radius 3 is 1.77 bits per heavy atom. The van der Waals surface area contributed by atoms with E-state index in [9.17, 15) is 24.0 Å². The summed E-state index contributed by atoms with van der Waals surface area (Å²) < 4.78 is 0. The van der Waals surface area contributed by atoms with Gasteiger partial charge in [-0.15, -0.1) is 0 Å². The van der Waals surface area contributed by atoms with Crippen LogP contribution in [0.3, 0.4) is 0 Å². The molecule has 0 aromatic heterocycles. The molecule has 0 heterocycles. The lowest BCUT2D eigenvalue weighted by Crippen LogP contribution is -2.50. The molecule has 0 aliphatic rings. The maximum absolute atomic E-state index is 11.9. The van der Waals surface area contributed by atoms with Gasteiger partial charge in [0.25, 0.3) is 0 Å². The van der Waals surface area contributed by atoms with Gasteiger partial charge in [0.05, 0.1) is 6.54 Å². The van der Waals surface area contributed by atoms with Crippen LogP contribution in [0.4, 0.5) is 4.79 Å². The van der Waals surface area contributed by atoms with Crippen molar-refractivity contribution in [2.75, 3.05) is 13.1 Å². The third kappa shape index (κ3) is 23.6. The van der Waals surface area contributed by atoms with Crippen LogP contribution in [0.1, 0.15) is 80.6 Å². The van der Waals surface area contributed by atoms with E-state index in [1.807, 2.05) is 34.6 Å². The molecule has 0 spiro atoms. The first-order chi connectivity index (χ1) is 14.0. The first-order valence-corrected chi connectivity index (χ1v) is 10.6. The zero-order chi connectivity index (χ0) is 24.1. The molecule has 0 rings (SSSR count). The topological polar surface area (TPSA) is 147 Å². The Morgan fingerprint density at radius 1 is 0.867 bits per heavy atom. The van der Waals surface area contributed by atoms with E-state index in [0.29, 0.717) is 25.8 Å². The van der Waals surface area contributed by atoms with E-state index in [1.54, 1.807) is 0 Å². The van der Waals surface area contributed by atoms with Crippen LogP contribution in [0.2, 0.25) is 0 Å². The fourth-order valence-corrected chi connectivity index (χ4v) is 2.01. The minimum absolute atomic E-state index is 0.0312. The summed E-state index contributed by atoms with van der Waals surface area (Å²) in [4.78, 5) is 55.2. The summed E-state index contributed by atoms with van der Waals surface area (Å²) in [6.45, 7) is 13.2. The minimum atomic E-state index is -0.648. The Labute approximate surface area is 181 Å². The van der Waals surface area contributed by atoms with Crippen LogP contribution in [-0.2, 0) is 19.2 Å². The summed E-state index contributed by atoms with van der Waals surface area (Å²) in [6, 6.07) is -1.09. The molecule has 176 valence electrons. The second-order valence-electron chi connectivity index (χ2n) is 6.91. The Bertz CT molecular complexity index is 522. The van der Waals surface area contributed by atoms with Gasteiger partial charge in [0.2, 0.25) is 11.8 Å². The van der Waals surface area contributed by atoms with E-state index in [0.717, 1.165) is 6.42 Å². The van der Waals surface area contributed by atoms with E-state index in [2.05, 4.69) is 16.0 Å². The molecule has 0 radical (unpaired) electrons. The highest BCUT2D eigenvalue weighted by atomic mass is 16.2. The number of urea groups is 1. The van der Waals surface area contributed by atoms with Gasteiger partial charge < -0.3 is 26.5 Å². The van der Waals surface area contributed by atoms with Crippen molar-refractivity contribution in [2.45, 2.75) is 86.6 Å². The van der Waals surface area contributed by atoms with Crippen molar-refractivity contribution in [3.63, 3.8) is 0 Å². The largest absolute Gasteiger partial charge is 0.352 e. The highest BCUT2D eigenvalue weighted by Gasteiger charge is 2.23. The number of unbranched alkanes of at least 4 members (excludes halogenated alkanes) is 1. The minimum Gasteiger partial charge on any atom is -0.352 e. The second-order valence-corrected chi connectivity index (χ2v) is 6.91. The first-order valence-electron chi connectivity index (χ1n) is 10.6. The lowest BCUT2D eigenvalue weighted by atomic mass is 10.0. The quantitative estimate of drug-likeness (QED) is 0.350. The molecule has 1 atom stereocenters. The Morgan fingerprint density at radius 2 is 1.40 bits per heavy atom. The van der Waals surface area contributed by atoms with Crippen LogP contribution in [0, 0.1) is 5.92 Å². The first kappa shape index (κ1) is 32.2. The zero-order valence-electron chi connectivity index (χ0n) is 19.7. The van der Waals surface area contributed by atoms with Crippen LogP contribution in [-0.4, -0.2) is 48.5 Å². The Hall–Kier alpha value is -2.45. The van der Waals surface area contributed by atoms with E-state index in [4.69, 9.17) is 5.73 Å². The van der Waals surface area contributed by atoms with Crippen molar-refractivity contribution in [3.05, 3.63) is 0 Å². The third-order valence-electron chi connectivity index (χ3n) is 3.51. The molecule has 0 fully saturated rings. The number of nitrogens with one attached hydrogen (secondary N) is 3. The molecule has 9 heteroatoms. The summed E-state index contributed by atoms with van der Waals surface area (Å²) in [6.07, 6.45) is 2.98. The number of nitrogens with two attached hydrogens (primary N) is 1. The lowest BCUT2D eigenvalue weighted by molar-refractivity contribution is -0.131. The van der Waals surface area contributed by atoms with E-state index >= 15 is 0 Å². The number of carbonyl (C=O) groups excluding carboxylic acids is 5. The Kier molecular flexibility index (Phi) is 22.8. The van der Waals surface area contributed by atoms with Gasteiger partial charge in [-0.05, 0) is 39.0 Å². The van der Waals surface area contributed by atoms with Crippen molar-refractivity contribution in [1.29, 1.82) is 0 Å². The fourth-order valence-electron chi connectivity index (χ4n) is 2.01. The molecular formula is C21H42N4O5. The van der Waals surface area contributed by atoms with Crippen molar-refractivity contribution in [3.8, 4) is 0 Å². The third-order valence-corrected chi connectivity index (χ3v) is 3.51. The maximum Gasteiger partial charge on any atom is 0.312 e. The molecular weight excluding hydrogens is 388 g/mol. The smallest absolute Gasteiger partial charge is 0.312 e. The standard InChI is InChI=1S/C15H26N2O4.C4H10N2O.C2H6/c1-10(2)14(15(21)16-9-12(4)19)17-13(20)8-6-5-7-11(3)18;1-2-3-6-4(5)7;1-2/h10,14H,5-9H2,1-4H3,(H,16,21)(H,17,20);2-3H2,1H3,(H3,5,6,7);1-2H3. The average Bonchev–Trinajstić information content (AvgIpc) is 2.67. The molecule has 0 aliphatic carbocycles. The van der Waals surface area contributed by atoms with Gasteiger partial charge in [0.1, 0.15) is 17.6 Å². The molecule has 0 saturated carbocycles. The van der Waals surface area contributed by atoms with Crippen molar-refractivity contribution in [2.24, 2.45) is 11.7 Å². The number of Topliss-reactive ketones (excluding diaryl/α,β-unsaturated/α-hetero) is 2. The number of carbonyl (C=O) groups is 5. The molecule has 0 aromatic rings. The molecule has 4 amide bonds. The van der Waals surface area contributed by atoms with E-state index in [-0.39, 0.29) is 42.3 Å². The fraction of sp³-hybridized carbons (Fsp3) is 0.762. The van der Waals surface area contributed by atoms with Crippen molar-refractivity contribution < 1.29 is 24.0 Å². The molecule has 9 nitrogen and oxygen atoms in total. The van der Waals surface area contributed by atoms with Crippen LogP contribution < -0.4 is 21.7 Å². The Balaban J connectivity index is -0.000000680. The summed E-state index contributed by atoms with van der Waals surface area (Å²) in [7, 11) is 0. The van der Waals surface area contributed by atoms with Gasteiger partial charge in [0, 0.05) is 19.4 Å². The number of hydrogen-bond acceptors (Lipinski definition) is 5. The van der Waals surface area contributed by atoms with Crippen LogP contribution in [0.15, 0.2) is 0 Å². The molecule has 0 aromatic carbocycles. The number of amides is 4. The highest BCUT2D eigenvalue weighted by molar-refractivity contribution is 5.90. The van der Waals surface area contributed by atoms with Gasteiger partial charge in [-0.25, -0.2) is 4.79 Å². The van der Waals surface area contributed by atoms with Crippen molar-refractivity contribution >= 4 is 29.4 Å². The molecule has 0 saturated heterocycles. The molecule has 5 N–H and O–H groups in total. The second kappa shape index (κ2) is 21.3. The van der Waals surface area contributed by atoms with Gasteiger partial charge in [-0.2, -0.15) is 0 Å². The van der Waals surface area contributed by atoms with Gasteiger partial charge >= 0.3 is 6.03 Å². The monoisotopic (exact) mass is 430 g/mol. The predicted molar refractivity (Wildman–Crippen MR) is 119 cm³/mol. The summed E-state index contributed by atoms with van der Waals surface area (Å²) in [5.74, 6) is -0.661. The summed E-state index contributed by atoms with van der Waals surface area (Å²) >= 11 is 0. The number of ketones is 2.